The van der Waals surface area contributed by atoms with Gasteiger partial charge in [0, 0.05) is 0 Å². The van der Waals surface area contributed by atoms with Crippen molar-refractivity contribution >= 4 is 0 Å². The van der Waals surface area contributed by atoms with E-state index < -0.39 is 0 Å². The average Bonchev–Trinajstić information content (AvgIpc) is 2.39. The molecule has 0 saturated carbocycles. The predicted octanol–water partition coefficient (Wildman–Crippen LogP) is 1.73. The minimum absolute atomic E-state index is 0.364. The Kier molecular flexibility index (Phi) is 3.80. The molecule has 1 heterocycles. The number of benzene rings is 1. The van der Waals surface area contributed by atoms with Gasteiger partial charge in [0.2, 0.25) is 0 Å². The van der Waals surface area contributed by atoms with Crippen LogP contribution in [0.1, 0.15) is 24.5 Å². The second-order valence-electron chi connectivity index (χ2n) is 4.31. The van der Waals surface area contributed by atoms with Crippen LogP contribution in [0.25, 0.3) is 0 Å². The molecule has 1 aromatic carbocycles. The lowest BCUT2D eigenvalue weighted by Gasteiger charge is -2.27. The molecule has 0 bridgehead atoms. The maximum absolute atomic E-state index is 10.3. The molecule has 1 aliphatic heterocycles. The molecule has 1 fully saturated rings. The van der Waals surface area contributed by atoms with Gasteiger partial charge in [-0.15, -0.1) is 0 Å². The number of hydrogen-bond donors (Lipinski definition) is 2. The van der Waals surface area contributed by atoms with Crippen LogP contribution < -0.4 is 10.1 Å². The topological polar surface area (TPSA) is 41.5 Å². The van der Waals surface area contributed by atoms with Gasteiger partial charge in [-0.2, -0.15) is 0 Å². The summed E-state index contributed by atoms with van der Waals surface area (Å²) in [6.45, 7) is 2.01. The number of hydrogen-bond acceptors (Lipinski definition) is 3. The van der Waals surface area contributed by atoms with Crippen molar-refractivity contribution in [3.05, 3.63) is 29.8 Å². The number of nitrogens with one attached hydrogen (secondary N) is 1. The van der Waals surface area contributed by atoms with E-state index in [4.69, 9.17) is 4.74 Å². The van der Waals surface area contributed by atoms with Crippen molar-refractivity contribution in [1.29, 1.82) is 0 Å². The molecular formula is C13H19NO2. The van der Waals surface area contributed by atoms with Gasteiger partial charge in [-0.05, 0) is 49.5 Å². The first-order valence-electron chi connectivity index (χ1n) is 5.84. The van der Waals surface area contributed by atoms with E-state index in [-0.39, 0.29) is 6.10 Å². The van der Waals surface area contributed by atoms with Crippen LogP contribution in [0.15, 0.2) is 24.3 Å². The second-order valence-corrected chi connectivity index (χ2v) is 4.31. The summed E-state index contributed by atoms with van der Waals surface area (Å²) in [6.07, 6.45) is 1.72. The molecule has 3 nitrogen and oxygen atoms in total. The zero-order chi connectivity index (χ0) is 11.4. The van der Waals surface area contributed by atoms with Crippen LogP contribution in [-0.4, -0.2) is 25.3 Å². The average molecular weight is 221 g/mol. The molecule has 0 radical (unpaired) electrons. The minimum Gasteiger partial charge on any atom is -0.497 e. The van der Waals surface area contributed by atoms with E-state index in [1.807, 2.05) is 24.3 Å². The highest BCUT2D eigenvalue weighted by molar-refractivity contribution is 5.30. The predicted molar refractivity (Wildman–Crippen MR) is 63.5 cm³/mol. The Morgan fingerprint density at radius 1 is 1.38 bits per heavy atom. The Labute approximate surface area is 96.4 Å². The summed E-state index contributed by atoms with van der Waals surface area (Å²) in [6, 6.07) is 7.72. The van der Waals surface area contributed by atoms with Crippen molar-refractivity contribution in [3.8, 4) is 5.75 Å². The summed E-state index contributed by atoms with van der Waals surface area (Å²) in [5, 5.41) is 13.6. The SMILES string of the molecule is COc1cccc(C(O)C2CCNCC2)c1. The van der Waals surface area contributed by atoms with Crippen molar-refractivity contribution in [2.45, 2.75) is 18.9 Å². The third kappa shape index (κ3) is 2.54. The Morgan fingerprint density at radius 3 is 2.81 bits per heavy atom. The fourth-order valence-corrected chi connectivity index (χ4v) is 2.26. The molecule has 2 rings (SSSR count). The molecule has 1 atom stereocenters. The molecule has 0 amide bonds. The van der Waals surface area contributed by atoms with Gasteiger partial charge in [0.1, 0.15) is 5.75 Å². The smallest absolute Gasteiger partial charge is 0.119 e. The van der Waals surface area contributed by atoms with E-state index in [0.29, 0.717) is 5.92 Å². The standard InChI is InChI=1S/C13H19NO2/c1-16-12-4-2-3-11(9-12)13(15)10-5-7-14-8-6-10/h2-4,9-10,13-15H,5-8H2,1H3. The molecule has 0 aromatic heterocycles. The summed E-state index contributed by atoms with van der Waals surface area (Å²) >= 11 is 0. The fraction of sp³-hybridized carbons (Fsp3) is 0.538. The van der Waals surface area contributed by atoms with Crippen LogP contribution in [-0.2, 0) is 0 Å². The molecule has 88 valence electrons. The monoisotopic (exact) mass is 221 g/mol. The van der Waals surface area contributed by atoms with Gasteiger partial charge >= 0.3 is 0 Å². The normalized spacial score (nSPS) is 19.4. The van der Waals surface area contributed by atoms with E-state index in [2.05, 4.69) is 5.32 Å². The van der Waals surface area contributed by atoms with Gasteiger partial charge in [0.25, 0.3) is 0 Å². The molecule has 16 heavy (non-hydrogen) atoms. The molecule has 0 aliphatic carbocycles. The van der Waals surface area contributed by atoms with Crippen LogP contribution in [0.4, 0.5) is 0 Å². The van der Waals surface area contributed by atoms with Crippen LogP contribution in [0.2, 0.25) is 0 Å². The van der Waals surface area contributed by atoms with Crippen LogP contribution in [0.5, 0.6) is 5.75 Å². The van der Waals surface area contributed by atoms with Crippen molar-refractivity contribution in [3.63, 3.8) is 0 Å². The third-order valence-electron chi connectivity index (χ3n) is 3.27. The van der Waals surface area contributed by atoms with E-state index in [9.17, 15) is 5.11 Å². The number of aliphatic hydroxyl groups excluding tert-OH is 1. The highest BCUT2D eigenvalue weighted by Gasteiger charge is 2.22. The van der Waals surface area contributed by atoms with Gasteiger partial charge < -0.3 is 15.2 Å². The van der Waals surface area contributed by atoms with Gasteiger partial charge in [-0.1, -0.05) is 12.1 Å². The molecule has 3 heteroatoms. The molecule has 1 aromatic rings. The third-order valence-corrected chi connectivity index (χ3v) is 3.27. The highest BCUT2D eigenvalue weighted by Crippen LogP contribution is 2.30. The van der Waals surface area contributed by atoms with Crippen LogP contribution >= 0.6 is 0 Å². The molecular weight excluding hydrogens is 202 g/mol. The number of rotatable bonds is 3. The first kappa shape index (κ1) is 11.4. The van der Waals surface area contributed by atoms with Gasteiger partial charge in [-0.25, -0.2) is 0 Å². The maximum atomic E-state index is 10.3. The van der Waals surface area contributed by atoms with Crippen molar-refractivity contribution in [1.82, 2.24) is 5.32 Å². The van der Waals surface area contributed by atoms with E-state index >= 15 is 0 Å². The summed E-state index contributed by atoms with van der Waals surface area (Å²) in [7, 11) is 1.65. The highest BCUT2D eigenvalue weighted by atomic mass is 16.5. The molecule has 0 spiro atoms. The van der Waals surface area contributed by atoms with E-state index in [1.54, 1.807) is 7.11 Å². The number of piperidine rings is 1. The van der Waals surface area contributed by atoms with Crippen molar-refractivity contribution in [2.24, 2.45) is 5.92 Å². The maximum Gasteiger partial charge on any atom is 0.119 e. The molecule has 1 aliphatic rings. The van der Waals surface area contributed by atoms with Crippen molar-refractivity contribution in [2.75, 3.05) is 20.2 Å². The zero-order valence-electron chi connectivity index (χ0n) is 9.65. The van der Waals surface area contributed by atoms with Gasteiger partial charge in [0.05, 0.1) is 13.2 Å². The minimum atomic E-state index is -0.364. The summed E-state index contributed by atoms with van der Waals surface area (Å²) in [5.74, 6) is 1.18. The Balaban J connectivity index is 2.09. The number of aliphatic hydroxyl groups is 1. The van der Waals surface area contributed by atoms with Gasteiger partial charge in [-0.3, -0.25) is 0 Å². The van der Waals surface area contributed by atoms with E-state index in [0.717, 1.165) is 37.2 Å². The first-order valence-corrected chi connectivity index (χ1v) is 5.84. The summed E-state index contributed by atoms with van der Waals surface area (Å²) in [4.78, 5) is 0. The van der Waals surface area contributed by atoms with Gasteiger partial charge in [0.15, 0.2) is 0 Å². The van der Waals surface area contributed by atoms with E-state index in [1.165, 1.54) is 0 Å². The lowest BCUT2D eigenvalue weighted by Crippen LogP contribution is -2.30. The molecule has 2 N–H and O–H groups in total. The number of ether oxygens (including phenoxy) is 1. The fourth-order valence-electron chi connectivity index (χ4n) is 2.26. The Bertz CT molecular complexity index is 334. The molecule has 1 saturated heterocycles. The second kappa shape index (κ2) is 5.32. The van der Waals surface area contributed by atoms with Crippen molar-refractivity contribution < 1.29 is 9.84 Å². The zero-order valence-corrected chi connectivity index (χ0v) is 9.65. The van der Waals surface area contributed by atoms with Crippen LogP contribution in [0, 0.1) is 5.92 Å². The summed E-state index contributed by atoms with van der Waals surface area (Å²) in [5.41, 5.74) is 0.964. The first-order chi connectivity index (χ1) is 7.81. The number of methoxy groups -OCH3 is 1. The van der Waals surface area contributed by atoms with Crippen LogP contribution in [0.3, 0.4) is 0 Å². The molecule has 1 unspecified atom stereocenters. The largest absolute Gasteiger partial charge is 0.497 e. The summed E-state index contributed by atoms with van der Waals surface area (Å²) < 4.78 is 5.17. The Hall–Kier alpha value is -1.06. The Morgan fingerprint density at radius 2 is 2.12 bits per heavy atom. The quantitative estimate of drug-likeness (QED) is 0.816. The lowest BCUT2D eigenvalue weighted by molar-refractivity contribution is 0.0887. The lowest BCUT2D eigenvalue weighted by atomic mass is 9.88.